The van der Waals surface area contributed by atoms with E-state index in [0.29, 0.717) is 17.4 Å². The minimum atomic E-state index is -4.71. The largest absolute Gasteiger partial charge is 0.756 e. The number of phosphoric acid groups is 1. The van der Waals surface area contributed by atoms with E-state index in [1.54, 1.807) is 0 Å². The van der Waals surface area contributed by atoms with Gasteiger partial charge in [0.25, 0.3) is 7.82 Å². The Morgan fingerprint density at radius 2 is 0.693 bits per heavy atom. The van der Waals surface area contributed by atoms with Crippen molar-refractivity contribution < 1.29 is 37.3 Å². The van der Waals surface area contributed by atoms with Crippen LogP contribution in [0.4, 0.5) is 0 Å². The molecule has 9 nitrogen and oxygen atoms in total. The molecule has 0 aromatic carbocycles. The van der Waals surface area contributed by atoms with Crippen LogP contribution < -0.4 is 10.2 Å². The maximum absolute atomic E-state index is 13.6. The minimum Gasteiger partial charge on any atom is -0.756 e. The Morgan fingerprint density at radius 3 is 1.07 bits per heavy atom. The number of nitrogens with zero attached hydrogens (tertiary/aromatic N) is 1. The third kappa shape index (κ3) is 67.8. The zero-order valence-corrected chi connectivity index (χ0v) is 59.8. The fourth-order valence-electron chi connectivity index (χ4n) is 11.0. The first-order chi connectivity index (χ1) is 42.9. The fraction of sp³-hybridized carbons (Fsp3) is 0.821. The summed E-state index contributed by atoms with van der Waals surface area (Å²) in [6, 6.07) is -0.892. The van der Waals surface area contributed by atoms with Crippen LogP contribution in [0.1, 0.15) is 361 Å². The topological polar surface area (TPSA) is 114 Å². The van der Waals surface area contributed by atoms with Gasteiger partial charge in [0, 0.05) is 12.8 Å². The van der Waals surface area contributed by atoms with Crippen molar-refractivity contribution in [3.05, 3.63) is 72.9 Å². The fourth-order valence-corrected chi connectivity index (χ4v) is 11.8. The summed E-state index contributed by atoms with van der Waals surface area (Å²) in [6.07, 6.45) is 88.9. The maximum atomic E-state index is 13.6. The first-order valence-electron chi connectivity index (χ1n) is 37.7. The molecule has 0 saturated carbocycles. The van der Waals surface area contributed by atoms with E-state index in [1.807, 2.05) is 33.3 Å². The van der Waals surface area contributed by atoms with Gasteiger partial charge in [-0.2, -0.15) is 0 Å². The van der Waals surface area contributed by atoms with Gasteiger partial charge < -0.3 is 28.5 Å². The summed E-state index contributed by atoms with van der Waals surface area (Å²) < 4.78 is 30.5. The van der Waals surface area contributed by atoms with Gasteiger partial charge in [0.1, 0.15) is 19.3 Å². The van der Waals surface area contributed by atoms with Crippen LogP contribution in [0.15, 0.2) is 72.9 Å². The highest BCUT2D eigenvalue weighted by atomic mass is 31.2. The molecule has 3 unspecified atom stereocenters. The third-order valence-electron chi connectivity index (χ3n) is 16.9. The number of nitrogens with one attached hydrogen (secondary N) is 1. The standard InChI is InChI=1S/C78H145N2O7P/c1-7-10-13-16-19-22-25-28-30-32-34-36-38-39-40-41-43-45-47-49-51-53-56-59-62-65-68-71-78(82)87-76(69-66-63-60-57-54-27-24-21-18-15-12-9-3)75(74-86-88(83,84)85-73-72-80(4,5)6)79-77(81)70-67-64-61-58-55-52-50-48-46-44-42-37-35-33-31-29-26-23-20-17-14-11-8-2/h19,22,28-31,34,36,39-40,66,69,75-76H,7-18,20-21,23-27,32-33,35,37-38,41-65,67-68,70-74H2,1-6H3,(H-,79,81,83,84)/b22-19-,30-28-,31-29+,36-34-,40-39-,69-66+. The van der Waals surface area contributed by atoms with E-state index in [2.05, 4.69) is 86.8 Å². The highest BCUT2D eigenvalue weighted by Gasteiger charge is 2.27. The summed E-state index contributed by atoms with van der Waals surface area (Å²) in [6.45, 7) is 6.85. The summed E-state index contributed by atoms with van der Waals surface area (Å²) in [4.78, 5) is 40.3. The summed E-state index contributed by atoms with van der Waals surface area (Å²) in [5.74, 6) is -0.532. The van der Waals surface area contributed by atoms with Crippen molar-refractivity contribution in [3.8, 4) is 0 Å². The minimum absolute atomic E-state index is 0.0232. The van der Waals surface area contributed by atoms with Gasteiger partial charge in [-0.15, -0.1) is 0 Å². The van der Waals surface area contributed by atoms with E-state index in [9.17, 15) is 19.0 Å². The van der Waals surface area contributed by atoms with Gasteiger partial charge in [-0.3, -0.25) is 14.2 Å². The van der Waals surface area contributed by atoms with Crippen LogP contribution in [-0.2, 0) is 27.9 Å². The molecule has 0 aromatic heterocycles. The molecule has 3 atom stereocenters. The Hall–Kier alpha value is -2.55. The molecule has 0 aromatic rings. The number of carbonyl (C=O) groups is 2. The summed E-state index contributed by atoms with van der Waals surface area (Å²) in [7, 11) is 1.19. The van der Waals surface area contributed by atoms with Crippen molar-refractivity contribution in [1.82, 2.24) is 5.32 Å². The average molecular weight is 1250 g/mol. The van der Waals surface area contributed by atoms with Crippen LogP contribution in [0.3, 0.4) is 0 Å². The van der Waals surface area contributed by atoms with Crippen LogP contribution >= 0.6 is 7.82 Å². The number of hydrogen-bond donors (Lipinski definition) is 1. The van der Waals surface area contributed by atoms with Crippen molar-refractivity contribution >= 4 is 19.7 Å². The Bertz CT molecular complexity index is 1730. The second-order valence-electron chi connectivity index (χ2n) is 26.8. The van der Waals surface area contributed by atoms with Gasteiger partial charge >= 0.3 is 5.97 Å². The smallest absolute Gasteiger partial charge is 0.306 e. The van der Waals surface area contributed by atoms with Gasteiger partial charge in [-0.25, -0.2) is 0 Å². The number of allylic oxidation sites excluding steroid dienone is 11. The predicted molar refractivity (Wildman–Crippen MR) is 381 cm³/mol. The average Bonchev–Trinajstić information content (AvgIpc) is 3.61. The van der Waals surface area contributed by atoms with E-state index < -0.39 is 20.0 Å². The molecule has 0 radical (unpaired) electrons. The van der Waals surface area contributed by atoms with E-state index >= 15 is 0 Å². The molecule has 0 spiro atoms. The van der Waals surface area contributed by atoms with Crippen molar-refractivity contribution in [2.45, 2.75) is 373 Å². The number of quaternary nitrogens is 1. The number of unbranched alkanes of at least 4 members (excludes halogenated alkanes) is 43. The molecule has 0 aliphatic heterocycles. The Labute approximate surface area is 546 Å². The monoisotopic (exact) mass is 1250 g/mol. The Balaban J connectivity index is 4.99. The number of hydrogen-bond acceptors (Lipinski definition) is 7. The number of likely N-dealkylation sites (N-methyl/N-ethyl adjacent to an activating group) is 1. The molecule has 10 heteroatoms. The van der Waals surface area contributed by atoms with Crippen molar-refractivity contribution in [2.75, 3.05) is 40.9 Å². The first kappa shape index (κ1) is 85.5. The van der Waals surface area contributed by atoms with Crippen LogP contribution in [0.5, 0.6) is 0 Å². The molecule has 0 bridgehead atoms. The van der Waals surface area contributed by atoms with Crippen molar-refractivity contribution in [3.63, 3.8) is 0 Å². The van der Waals surface area contributed by atoms with E-state index in [4.69, 9.17) is 13.8 Å². The molecule has 514 valence electrons. The molecule has 1 N–H and O–H groups in total. The molecule has 0 rings (SSSR count). The molecule has 0 heterocycles. The lowest BCUT2D eigenvalue weighted by Crippen LogP contribution is -2.47. The molecule has 88 heavy (non-hydrogen) atoms. The van der Waals surface area contributed by atoms with Crippen molar-refractivity contribution in [1.29, 1.82) is 0 Å². The predicted octanol–water partition coefficient (Wildman–Crippen LogP) is 23.7. The second kappa shape index (κ2) is 67.3. The number of ether oxygens (including phenoxy) is 1. The normalized spacial score (nSPS) is 13.9. The third-order valence-corrected chi connectivity index (χ3v) is 17.8. The number of phosphoric ester groups is 1. The summed E-state index contributed by atoms with van der Waals surface area (Å²) >= 11 is 0. The molecule has 0 fully saturated rings. The molecular formula is C78H145N2O7P. The molecule has 1 amide bonds. The lowest BCUT2D eigenvalue weighted by molar-refractivity contribution is -0.870. The van der Waals surface area contributed by atoms with Crippen LogP contribution in [0, 0.1) is 0 Å². The van der Waals surface area contributed by atoms with Gasteiger partial charge in [-0.05, 0) is 102 Å². The van der Waals surface area contributed by atoms with E-state index in [1.165, 1.54) is 250 Å². The SMILES string of the molecule is CCCCC/C=C\C/C=C\C/C=C\C/C=C\CCCCCCCCCCCCCC(=O)OC(/C=C/CCCCCCCCCCCC)C(COP(=O)([O-])OCC[N+](C)(C)C)NC(=O)CCCCCCCCCCCCCCC/C=C/CCCCCCCC. The van der Waals surface area contributed by atoms with Crippen LogP contribution in [0.25, 0.3) is 0 Å². The lowest BCUT2D eigenvalue weighted by Gasteiger charge is -2.30. The molecular weight excluding hydrogens is 1110 g/mol. The van der Waals surface area contributed by atoms with Crippen molar-refractivity contribution in [2.24, 2.45) is 0 Å². The summed E-state index contributed by atoms with van der Waals surface area (Å²) in [5, 5.41) is 3.05. The van der Waals surface area contributed by atoms with Gasteiger partial charge in [0.15, 0.2) is 0 Å². The highest BCUT2D eigenvalue weighted by molar-refractivity contribution is 7.45. The number of carbonyl (C=O) groups excluding carboxylic acids is 2. The number of rotatable bonds is 69. The first-order valence-corrected chi connectivity index (χ1v) is 39.2. The number of amides is 1. The number of esters is 1. The summed E-state index contributed by atoms with van der Waals surface area (Å²) in [5.41, 5.74) is 0. The van der Waals surface area contributed by atoms with E-state index in [0.717, 1.165) is 77.0 Å². The zero-order valence-electron chi connectivity index (χ0n) is 58.9. The van der Waals surface area contributed by atoms with Crippen LogP contribution in [0.2, 0.25) is 0 Å². The molecule has 0 saturated heterocycles. The maximum Gasteiger partial charge on any atom is 0.306 e. The highest BCUT2D eigenvalue weighted by Crippen LogP contribution is 2.38. The lowest BCUT2D eigenvalue weighted by atomic mass is 10.0. The zero-order chi connectivity index (χ0) is 64.2. The van der Waals surface area contributed by atoms with Gasteiger partial charge in [0.2, 0.25) is 5.91 Å². The Kier molecular flexibility index (Phi) is 65.4. The molecule has 0 aliphatic carbocycles. The van der Waals surface area contributed by atoms with Gasteiger partial charge in [-0.1, -0.05) is 319 Å². The Morgan fingerprint density at radius 1 is 0.398 bits per heavy atom. The van der Waals surface area contributed by atoms with Gasteiger partial charge in [0.05, 0.1) is 33.8 Å². The van der Waals surface area contributed by atoms with E-state index in [-0.39, 0.29) is 31.5 Å². The quantitative estimate of drug-likeness (QED) is 0.0212. The molecule has 0 aliphatic rings. The van der Waals surface area contributed by atoms with Crippen LogP contribution in [-0.4, -0.2) is 69.4 Å². The second-order valence-corrected chi connectivity index (χ2v) is 28.2.